The normalized spacial score (nSPS) is 30.2. The van der Waals surface area contributed by atoms with Crippen molar-refractivity contribution >= 4 is 5.91 Å². The Kier molecular flexibility index (Phi) is 40.6. The quantitative estimate of drug-likeness (QED) is 0.0249. The van der Waals surface area contributed by atoms with Crippen LogP contribution in [-0.2, 0) is 33.2 Å². The van der Waals surface area contributed by atoms with Gasteiger partial charge in [-0.1, -0.05) is 162 Å². The van der Waals surface area contributed by atoms with Crippen molar-refractivity contribution in [2.45, 2.75) is 259 Å². The topological polar surface area (TPSA) is 307 Å². The van der Waals surface area contributed by atoms with E-state index in [1.807, 2.05) is 6.08 Å². The fraction of sp³-hybridized carbons (Fsp3) is 0.703. The molecule has 3 rings (SSSR count). The molecule has 0 radical (unpaired) electrons. The van der Waals surface area contributed by atoms with Crippen molar-refractivity contribution in [2.75, 3.05) is 26.4 Å². The van der Waals surface area contributed by atoms with Crippen LogP contribution in [0.25, 0.3) is 0 Å². The first-order valence-corrected chi connectivity index (χ1v) is 30.6. The third-order valence-corrected chi connectivity index (χ3v) is 14.5. The van der Waals surface area contributed by atoms with Crippen LogP contribution >= 0.6 is 0 Å². The number of nitrogens with one attached hydrogen (secondary N) is 1. The fourth-order valence-electron chi connectivity index (χ4n) is 9.52. The average Bonchev–Trinajstić information content (AvgIpc) is 3.18. The summed E-state index contributed by atoms with van der Waals surface area (Å²) in [6.07, 6.45) is 32.1. The van der Waals surface area contributed by atoms with E-state index >= 15 is 0 Å². The third kappa shape index (κ3) is 29.1. The lowest BCUT2D eigenvalue weighted by molar-refractivity contribution is -0.379. The van der Waals surface area contributed by atoms with E-state index in [0.29, 0.717) is 12.8 Å². The van der Waals surface area contributed by atoms with Gasteiger partial charge in [0.05, 0.1) is 38.6 Å². The van der Waals surface area contributed by atoms with Crippen molar-refractivity contribution in [3.8, 4) is 0 Å². The second-order valence-electron chi connectivity index (χ2n) is 21.4. The van der Waals surface area contributed by atoms with E-state index in [1.54, 1.807) is 6.08 Å². The summed E-state index contributed by atoms with van der Waals surface area (Å²) in [5.74, 6) is -0.321. The third-order valence-electron chi connectivity index (χ3n) is 14.5. The van der Waals surface area contributed by atoms with E-state index < -0.39 is 131 Å². The minimum absolute atomic E-state index is 0.195. The predicted octanol–water partition coefficient (Wildman–Crippen LogP) is 5.92. The summed E-state index contributed by atoms with van der Waals surface area (Å²) in [7, 11) is 0. The lowest BCUT2D eigenvalue weighted by Crippen LogP contribution is -2.66. The van der Waals surface area contributed by atoms with E-state index in [-0.39, 0.29) is 12.3 Å². The first-order valence-electron chi connectivity index (χ1n) is 30.6. The van der Waals surface area contributed by atoms with Crippen LogP contribution in [0, 0.1) is 0 Å². The van der Waals surface area contributed by atoms with Gasteiger partial charge in [0.2, 0.25) is 5.91 Å². The highest BCUT2D eigenvalue weighted by atomic mass is 16.8. The lowest BCUT2D eigenvalue weighted by atomic mass is 9.96. The largest absolute Gasteiger partial charge is 0.394 e. The van der Waals surface area contributed by atoms with Gasteiger partial charge in [0.25, 0.3) is 0 Å². The lowest BCUT2D eigenvalue weighted by Gasteiger charge is -2.48. The van der Waals surface area contributed by atoms with Crippen molar-refractivity contribution in [3.63, 3.8) is 0 Å². The molecule has 3 heterocycles. The van der Waals surface area contributed by atoms with Crippen LogP contribution in [0.5, 0.6) is 0 Å². The van der Waals surface area contributed by atoms with Gasteiger partial charge in [0.15, 0.2) is 18.9 Å². The van der Waals surface area contributed by atoms with Crippen molar-refractivity contribution in [2.24, 2.45) is 0 Å². The van der Waals surface area contributed by atoms with Gasteiger partial charge in [-0.2, -0.15) is 0 Å². The first-order chi connectivity index (χ1) is 40.3. The summed E-state index contributed by atoms with van der Waals surface area (Å²) in [6.45, 7) is 1.51. The van der Waals surface area contributed by atoms with Gasteiger partial charge in [-0.25, -0.2) is 0 Å². The number of aliphatic hydroxyl groups excluding tert-OH is 11. The van der Waals surface area contributed by atoms with Gasteiger partial charge in [-0.15, -0.1) is 0 Å². The van der Waals surface area contributed by atoms with Crippen molar-refractivity contribution < 1.29 is 89.4 Å². The molecule has 3 aliphatic heterocycles. The standard InChI is InChI=1S/C64H105NO18/c1-3-5-7-9-11-13-15-17-19-20-21-22-23-24-25-26-28-30-32-34-36-38-40-42-52(70)65-47(48(69)41-39-37-35-33-31-29-27-18-16-14-12-10-8-6-4-2)46-78-62-58(76)55(73)60(50(44-67)80-62)83-64-59(77)56(74)61(51(45-68)81-64)82-63-57(75)54(72)53(71)49(43-66)79-63/h5,7,11,13,16-19,21-22,24-25,28,30-31,33,39,41,47-51,53-64,66-69,71-77H,3-4,6,8-10,12,14-15,20,23,26-27,29,32,34-38,40,42-46H2,1-2H3,(H,65,70)/b7-5-,13-11-,18-16+,19-17-,22-21-,25-24-,30-28-,33-31+,41-39+. The second kappa shape index (κ2) is 45.7. The molecular weight excluding hydrogens is 1070 g/mol. The molecule has 0 aromatic heterocycles. The minimum Gasteiger partial charge on any atom is -0.394 e. The van der Waals surface area contributed by atoms with Gasteiger partial charge in [0.1, 0.15) is 73.2 Å². The molecule has 17 unspecified atom stereocenters. The number of hydrogen-bond acceptors (Lipinski definition) is 18. The number of amides is 1. The summed E-state index contributed by atoms with van der Waals surface area (Å²) >= 11 is 0. The average molecular weight is 1180 g/mol. The van der Waals surface area contributed by atoms with Crippen LogP contribution < -0.4 is 5.32 Å². The number of carbonyl (C=O) groups is 1. The van der Waals surface area contributed by atoms with Crippen LogP contribution in [0.2, 0.25) is 0 Å². The minimum atomic E-state index is -1.99. The Morgan fingerprint density at radius 1 is 0.446 bits per heavy atom. The molecule has 0 aromatic carbocycles. The zero-order valence-corrected chi connectivity index (χ0v) is 49.4. The number of carbonyl (C=O) groups excluding carboxylic acids is 1. The van der Waals surface area contributed by atoms with Gasteiger partial charge >= 0.3 is 0 Å². The van der Waals surface area contributed by atoms with Crippen LogP contribution in [0.4, 0.5) is 0 Å². The Bertz CT molecular complexity index is 1930. The van der Waals surface area contributed by atoms with Crippen LogP contribution in [0.1, 0.15) is 155 Å². The highest BCUT2D eigenvalue weighted by molar-refractivity contribution is 5.76. The molecule has 12 N–H and O–H groups in total. The maximum Gasteiger partial charge on any atom is 0.220 e. The molecule has 0 spiro atoms. The highest BCUT2D eigenvalue weighted by Crippen LogP contribution is 2.33. The number of ether oxygens (including phenoxy) is 6. The SMILES string of the molecule is CC/C=C\C/C=C\C/C=C\C/C=C\C/C=C\C/C=C\CCCCCCC(=O)NC(COC1OC(CO)C(OC2OC(CO)C(OC3OC(CO)C(O)C(O)C3O)C(O)C2O)C(O)C1O)C(O)/C=C/CC/C=C/CC/C=C/CCCCCCC. The molecule has 3 aliphatic rings. The van der Waals surface area contributed by atoms with E-state index in [2.05, 4.69) is 116 Å². The monoisotopic (exact) mass is 1180 g/mol. The maximum atomic E-state index is 13.3. The number of hydrogen-bond donors (Lipinski definition) is 12. The number of aliphatic hydroxyl groups is 11. The highest BCUT2D eigenvalue weighted by Gasteiger charge is 2.53. The summed E-state index contributed by atoms with van der Waals surface area (Å²) < 4.78 is 34.2. The summed E-state index contributed by atoms with van der Waals surface area (Å²) in [5, 5.41) is 120. The first kappa shape index (κ1) is 73.7. The summed E-state index contributed by atoms with van der Waals surface area (Å²) in [5.41, 5.74) is 0. The smallest absolute Gasteiger partial charge is 0.220 e. The fourth-order valence-corrected chi connectivity index (χ4v) is 9.52. The van der Waals surface area contributed by atoms with Crippen molar-refractivity contribution in [1.82, 2.24) is 5.32 Å². The number of allylic oxidation sites excluding steroid dienone is 17. The molecule has 0 bridgehead atoms. The second-order valence-corrected chi connectivity index (χ2v) is 21.4. The Morgan fingerprint density at radius 3 is 1.34 bits per heavy atom. The van der Waals surface area contributed by atoms with E-state index in [4.69, 9.17) is 28.4 Å². The van der Waals surface area contributed by atoms with Crippen molar-refractivity contribution in [1.29, 1.82) is 0 Å². The Morgan fingerprint density at radius 2 is 0.843 bits per heavy atom. The zero-order chi connectivity index (χ0) is 60.5. The van der Waals surface area contributed by atoms with Gasteiger partial charge in [-0.3, -0.25) is 4.79 Å². The molecule has 0 saturated carbocycles. The molecule has 17 atom stereocenters. The van der Waals surface area contributed by atoms with Gasteiger partial charge in [0, 0.05) is 6.42 Å². The molecule has 19 heteroatoms. The molecule has 19 nitrogen and oxygen atoms in total. The van der Waals surface area contributed by atoms with Crippen LogP contribution in [0.3, 0.4) is 0 Å². The molecule has 474 valence electrons. The molecule has 3 saturated heterocycles. The van der Waals surface area contributed by atoms with Gasteiger partial charge < -0.3 is 89.9 Å². The molecule has 0 aromatic rings. The van der Waals surface area contributed by atoms with Gasteiger partial charge in [-0.05, 0) is 96.3 Å². The Labute approximate surface area is 494 Å². The Hall–Kier alpha value is -3.55. The molecular formula is C64H105NO18. The summed E-state index contributed by atoms with van der Waals surface area (Å²) in [4.78, 5) is 13.3. The van der Waals surface area contributed by atoms with Crippen LogP contribution in [0.15, 0.2) is 109 Å². The number of rotatable bonds is 43. The molecule has 1 amide bonds. The molecule has 3 fully saturated rings. The molecule has 0 aliphatic carbocycles. The van der Waals surface area contributed by atoms with Crippen LogP contribution in [-0.4, -0.2) is 193 Å². The predicted molar refractivity (Wildman–Crippen MR) is 318 cm³/mol. The molecule has 83 heavy (non-hydrogen) atoms. The zero-order valence-electron chi connectivity index (χ0n) is 49.4. The van der Waals surface area contributed by atoms with E-state index in [0.717, 1.165) is 89.9 Å². The maximum absolute atomic E-state index is 13.3. The number of unbranched alkanes of at least 4 members (excludes halogenated alkanes) is 11. The van der Waals surface area contributed by atoms with Crippen molar-refractivity contribution in [3.05, 3.63) is 109 Å². The van der Waals surface area contributed by atoms with E-state index in [1.165, 1.54) is 32.1 Å². The van der Waals surface area contributed by atoms with E-state index in [9.17, 15) is 61.0 Å². The summed E-state index contributed by atoms with van der Waals surface area (Å²) in [6, 6.07) is -1.02. The Balaban J connectivity index is 1.51.